The Morgan fingerprint density at radius 2 is 1.15 bits per heavy atom. The van der Waals surface area contributed by atoms with Crippen molar-refractivity contribution < 1.29 is 19.8 Å². The van der Waals surface area contributed by atoms with Gasteiger partial charge >= 0.3 is 0 Å². The summed E-state index contributed by atoms with van der Waals surface area (Å²) < 4.78 is 0.500. The molecule has 0 heterocycles. The quantitative estimate of drug-likeness (QED) is 0.328. The van der Waals surface area contributed by atoms with E-state index in [0.29, 0.717) is 37.2 Å². The summed E-state index contributed by atoms with van der Waals surface area (Å²) in [6, 6.07) is 0. The Morgan fingerprint density at radius 1 is 0.769 bits per heavy atom. The highest BCUT2D eigenvalue weighted by Crippen LogP contribution is 2.04. The molecule has 0 unspecified atom stereocenters. The monoisotopic (exact) mass is 193 g/mol. The topological polar surface area (TPSA) is 86.7 Å². The third-order valence-electron chi connectivity index (χ3n) is 2.33. The fourth-order valence-corrected chi connectivity index (χ4v) is 1.58. The Morgan fingerprint density at radius 3 is 1.38 bits per heavy atom. The molecule has 0 aromatic carbocycles. The molecule has 0 radical (unpaired) electrons. The molecule has 0 aliphatic heterocycles. The van der Waals surface area contributed by atoms with Crippen LogP contribution in [-0.4, -0.2) is 72.3 Å². The van der Waals surface area contributed by atoms with Crippen LogP contribution in [0.3, 0.4) is 0 Å². The van der Waals surface area contributed by atoms with Crippen LogP contribution in [-0.2, 0) is 0 Å². The van der Waals surface area contributed by atoms with E-state index in [1.807, 2.05) is 0 Å². The molecule has 0 fully saturated rings. The predicted octanol–water partition coefficient (Wildman–Crippen LogP) is -2.26. The third-order valence-corrected chi connectivity index (χ3v) is 2.33. The minimum atomic E-state index is 0.0556. The first-order valence-electron chi connectivity index (χ1n) is 4.62. The van der Waals surface area contributed by atoms with Crippen LogP contribution in [0.25, 0.3) is 0 Å². The Labute approximate surface area is 79.0 Å². The zero-order chi connectivity index (χ0) is 10.2. The molecule has 0 saturated carbocycles. The molecule has 0 rings (SSSR count). The molecule has 0 saturated heterocycles. The van der Waals surface area contributed by atoms with E-state index in [9.17, 15) is 0 Å². The second-order valence-electron chi connectivity index (χ2n) is 3.20. The first-order valence-corrected chi connectivity index (χ1v) is 4.62. The molecule has 13 heavy (non-hydrogen) atoms. The van der Waals surface area contributed by atoms with Crippen molar-refractivity contribution in [3.63, 3.8) is 0 Å². The van der Waals surface area contributed by atoms with Gasteiger partial charge in [0, 0.05) is 6.54 Å². The summed E-state index contributed by atoms with van der Waals surface area (Å²) in [5.41, 5.74) is 5.44. The minimum Gasteiger partial charge on any atom is -0.391 e. The van der Waals surface area contributed by atoms with E-state index in [1.165, 1.54) is 0 Å². The molecule has 0 atom stereocenters. The van der Waals surface area contributed by atoms with Gasteiger partial charge in [-0.15, -0.1) is 0 Å². The van der Waals surface area contributed by atoms with E-state index < -0.39 is 0 Å². The summed E-state index contributed by atoms with van der Waals surface area (Å²) in [4.78, 5) is 0. The third kappa shape index (κ3) is 4.54. The second kappa shape index (κ2) is 7.23. The zero-order valence-electron chi connectivity index (χ0n) is 8.02. The predicted molar refractivity (Wildman–Crippen MR) is 50.0 cm³/mol. The fraction of sp³-hybridized carbons (Fsp3) is 1.00. The second-order valence-corrected chi connectivity index (χ2v) is 3.20. The van der Waals surface area contributed by atoms with Gasteiger partial charge in [-0.3, -0.25) is 0 Å². The van der Waals surface area contributed by atoms with Crippen molar-refractivity contribution in [3.05, 3.63) is 0 Å². The fourth-order valence-electron chi connectivity index (χ4n) is 1.58. The maximum absolute atomic E-state index is 8.86. The number of aliphatic hydroxyl groups is 3. The van der Waals surface area contributed by atoms with Crippen LogP contribution in [0.2, 0.25) is 0 Å². The summed E-state index contributed by atoms with van der Waals surface area (Å²) in [7, 11) is 0. The summed E-state index contributed by atoms with van der Waals surface area (Å²) >= 11 is 0. The summed E-state index contributed by atoms with van der Waals surface area (Å²) in [6.45, 7) is 2.97. The normalized spacial score (nSPS) is 12.0. The van der Waals surface area contributed by atoms with Gasteiger partial charge in [-0.25, -0.2) is 0 Å². The van der Waals surface area contributed by atoms with E-state index in [0.717, 1.165) is 0 Å². The van der Waals surface area contributed by atoms with E-state index >= 15 is 0 Å². The van der Waals surface area contributed by atoms with Gasteiger partial charge in [0.2, 0.25) is 0 Å². The summed E-state index contributed by atoms with van der Waals surface area (Å²) in [5, 5.41) is 26.6. The number of hydrogen-bond acceptors (Lipinski definition) is 4. The summed E-state index contributed by atoms with van der Waals surface area (Å²) in [5.74, 6) is 0. The molecule has 0 spiro atoms. The maximum Gasteiger partial charge on any atom is 0.102 e. The van der Waals surface area contributed by atoms with Crippen LogP contribution < -0.4 is 5.73 Å². The molecular weight excluding hydrogens is 172 g/mol. The Kier molecular flexibility index (Phi) is 7.12. The van der Waals surface area contributed by atoms with E-state index in [-0.39, 0.29) is 19.8 Å². The highest BCUT2D eigenvalue weighted by atomic mass is 16.3. The lowest BCUT2D eigenvalue weighted by atomic mass is 10.3. The SMILES string of the molecule is NCC[N+](CCO)(CCO)CCO. The van der Waals surface area contributed by atoms with Crippen molar-refractivity contribution >= 4 is 0 Å². The molecule has 0 amide bonds. The van der Waals surface area contributed by atoms with Crippen LogP contribution in [0, 0.1) is 0 Å². The highest BCUT2D eigenvalue weighted by Gasteiger charge is 2.24. The molecule has 0 aliphatic carbocycles. The molecule has 5 N–H and O–H groups in total. The van der Waals surface area contributed by atoms with Gasteiger partial charge in [-0.2, -0.15) is 0 Å². The lowest BCUT2D eigenvalue weighted by molar-refractivity contribution is -0.927. The molecule has 5 heteroatoms. The number of hydrogen-bond donors (Lipinski definition) is 4. The number of rotatable bonds is 8. The molecular formula is C8H21N2O3+. The van der Waals surface area contributed by atoms with Crippen LogP contribution in [0.4, 0.5) is 0 Å². The smallest absolute Gasteiger partial charge is 0.102 e. The van der Waals surface area contributed by atoms with Crippen LogP contribution >= 0.6 is 0 Å². The molecule has 0 aromatic heterocycles. The van der Waals surface area contributed by atoms with Gasteiger partial charge in [0.05, 0.1) is 26.4 Å². The Hall–Kier alpha value is -0.200. The maximum atomic E-state index is 8.86. The van der Waals surface area contributed by atoms with Crippen LogP contribution in [0.1, 0.15) is 0 Å². The van der Waals surface area contributed by atoms with Crippen LogP contribution in [0.5, 0.6) is 0 Å². The molecule has 0 aromatic rings. The van der Waals surface area contributed by atoms with Gasteiger partial charge in [-0.1, -0.05) is 0 Å². The van der Waals surface area contributed by atoms with Gasteiger partial charge in [0.25, 0.3) is 0 Å². The van der Waals surface area contributed by atoms with E-state index in [2.05, 4.69) is 0 Å². The van der Waals surface area contributed by atoms with Gasteiger partial charge in [0.15, 0.2) is 0 Å². The average Bonchev–Trinajstić information content (AvgIpc) is 2.06. The van der Waals surface area contributed by atoms with Gasteiger partial charge in [0.1, 0.15) is 19.6 Å². The standard InChI is InChI=1S/C8H21N2O3/c9-1-2-10(3-6-11,4-7-12)5-8-13/h11-13H,1-9H2/q+1. The average molecular weight is 193 g/mol. The molecule has 0 bridgehead atoms. The number of nitrogens with two attached hydrogens (primary N) is 1. The lowest BCUT2D eigenvalue weighted by Gasteiger charge is -2.37. The van der Waals surface area contributed by atoms with Crippen molar-refractivity contribution in [3.8, 4) is 0 Å². The summed E-state index contributed by atoms with van der Waals surface area (Å²) in [6.07, 6.45) is 0. The number of aliphatic hydroxyl groups excluding tert-OH is 3. The molecule has 5 nitrogen and oxygen atoms in total. The van der Waals surface area contributed by atoms with Gasteiger partial charge < -0.3 is 25.5 Å². The van der Waals surface area contributed by atoms with Crippen molar-refractivity contribution in [1.29, 1.82) is 0 Å². The van der Waals surface area contributed by atoms with Gasteiger partial charge in [-0.05, 0) is 0 Å². The number of nitrogens with zero attached hydrogens (tertiary/aromatic N) is 1. The van der Waals surface area contributed by atoms with E-state index in [1.54, 1.807) is 0 Å². The van der Waals surface area contributed by atoms with Crippen molar-refractivity contribution in [2.75, 3.05) is 52.5 Å². The largest absolute Gasteiger partial charge is 0.391 e. The Bertz CT molecular complexity index is 92.4. The zero-order valence-corrected chi connectivity index (χ0v) is 8.02. The Balaban J connectivity index is 4.19. The first kappa shape index (κ1) is 12.8. The first-order chi connectivity index (χ1) is 6.24. The number of quaternary nitrogens is 1. The van der Waals surface area contributed by atoms with Crippen LogP contribution in [0.15, 0.2) is 0 Å². The van der Waals surface area contributed by atoms with E-state index in [4.69, 9.17) is 21.1 Å². The molecule has 0 aliphatic rings. The lowest BCUT2D eigenvalue weighted by Crippen LogP contribution is -2.55. The highest BCUT2D eigenvalue weighted by molar-refractivity contribution is 4.45. The van der Waals surface area contributed by atoms with Crippen molar-refractivity contribution in [2.45, 2.75) is 0 Å². The minimum absolute atomic E-state index is 0.0556. The molecule has 80 valence electrons. The van der Waals surface area contributed by atoms with Crippen molar-refractivity contribution in [1.82, 2.24) is 0 Å². The van der Waals surface area contributed by atoms with Crippen molar-refractivity contribution in [2.24, 2.45) is 5.73 Å².